The topological polar surface area (TPSA) is 188 Å². The van der Waals surface area contributed by atoms with Gasteiger partial charge in [-0.2, -0.15) is 0 Å². The first-order valence-electron chi connectivity index (χ1n) is 15.1. The molecule has 15 nitrogen and oxygen atoms in total. The molecule has 5 amide bonds. The van der Waals surface area contributed by atoms with Crippen molar-refractivity contribution >= 4 is 35.4 Å². The standard InChI is InChI=1S/C30H45N5O10/c1-30(2,3)45-29(40)34(10-12-42-14-16-44-18-17-43-15-13-41-11-9-31)20-26(37)32-23-6-4-5-21-22(23)19-35(28(21)39)24-7-8-25(36)33-27(24)38/h4-6,24H,7-20,31H2,1-3H3,(H,32,37)(H,33,36,38). The van der Waals surface area contributed by atoms with Crippen LogP contribution in [0.5, 0.6) is 0 Å². The summed E-state index contributed by atoms with van der Waals surface area (Å²) in [7, 11) is 0. The van der Waals surface area contributed by atoms with Gasteiger partial charge < -0.3 is 39.6 Å². The molecule has 0 aliphatic carbocycles. The van der Waals surface area contributed by atoms with E-state index in [-0.39, 0.29) is 57.5 Å². The van der Waals surface area contributed by atoms with Crippen LogP contribution in [-0.4, -0.2) is 124 Å². The lowest BCUT2D eigenvalue weighted by Crippen LogP contribution is -2.52. The normalized spacial score (nSPS) is 16.4. The number of imide groups is 1. The number of piperidine rings is 1. The van der Waals surface area contributed by atoms with E-state index in [9.17, 15) is 24.0 Å². The highest BCUT2D eigenvalue weighted by molar-refractivity contribution is 6.07. The second kappa shape index (κ2) is 17.8. The van der Waals surface area contributed by atoms with Crippen molar-refractivity contribution in [2.75, 3.05) is 77.8 Å². The first kappa shape index (κ1) is 35.8. The Hall–Kier alpha value is -3.63. The maximum Gasteiger partial charge on any atom is 0.410 e. The van der Waals surface area contributed by atoms with Gasteiger partial charge in [-0.05, 0) is 39.3 Å². The molecule has 1 fully saturated rings. The Morgan fingerprint density at radius 1 is 0.978 bits per heavy atom. The zero-order valence-electron chi connectivity index (χ0n) is 26.3. The predicted octanol–water partition coefficient (Wildman–Crippen LogP) is 0.648. The number of nitrogens with two attached hydrogens (primary N) is 1. The lowest BCUT2D eigenvalue weighted by Gasteiger charge is -2.29. The van der Waals surface area contributed by atoms with E-state index in [0.29, 0.717) is 63.0 Å². The summed E-state index contributed by atoms with van der Waals surface area (Å²) in [6.45, 7) is 8.50. The first-order chi connectivity index (χ1) is 21.5. The van der Waals surface area contributed by atoms with E-state index in [2.05, 4.69) is 10.6 Å². The smallest absolute Gasteiger partial charge is 0.410 e. The fourth-order valence-electron chi connectivity index (χ4n) is 4.65. The zero-order valence-corrected chi connectivity index (χ0v) is 26.3. The Bertz CT molecular complexity index is 1190. The molecule has 45 heavy (non-hydrogen) atoms. The number of carbonyl (C=O) groups excluding carboxylic acids is 5. The third kappa shape index (κ3) is 11.7. The van der Waals surface area contributed by atoms with Gasteiger partial charge in [0.05, 0.1) is 52.9 Å². The van der Waals surface area contributed by atoms with Crippen LogP contribution in [0.1, 0.15) is 49.5 Å². The Morgan fingerprint density at radius 3 is 2.20 bits per heavy atom. The molecule has 0 bridgehead atoms. The zero-order chi connectivity index (χ0) is 32.8. The second-order valence-electron chi connectivity index (χ2n) is 11.4. The molecule has 2 heterocycles. The van der Waals surface area contributed by atoms with Crippen LogP contribution in [0.15, 0.2) is 18.2 Å². The van der Waals surface area contributed by atoms with E-state index in [1.165, 1.54) is 9.80 Å². The number of rotatable bonds is 18. The molecule has 0 radical (unpaired) electrons. The van der Waals surface area contributed by atoms with Gasteiger partial charge in [-0.25, -0.2) is 4.79 Å². The highest BCUT2D eigenvalue weighted by atomic mass is 16.6. The van der Waals surface area contributed by atoms with Crippen molar-refractivity contribution in [3.05, 3.63) is 29.3 Å². The quantitative estimate of drug-likeness (QED) is 0.152. The Balaban J connectivity index is 1.49. The number of ether oxygens (including phenoxy) is 5. The van der Waals surface area contributed by atoms with Gasteiger partial charge >= 0.3 is 6.09 Å². The van der Waals surface area contributed by atoms with Crippen LogP contribution in [-0.2, 0) is 44.6 Å². The molecule has 1 atom stereocenters. The minimum Gasteiger partial charge on any atom is -0.444 e. The van der Waals surface area contributed by atoms with Crippen molar-refractivity contribution < 1.29 is 47.7 Å². The summed E-state index contributed by atoms with van der Waals surface area (Å²) in [5.74, 6) is -1.75. The highest BCUT2D eigenvalue weighted by Gasteiger charge is 2.40. The van der Waals surface area contributed by atoms with Gasteiger partial charge in [0.1, 0.15) is 18.2 Å². The van der Waals surface area contributed by atoms with Crippen molar-refractivity contribution in [2.24, 2.45) is 5.73 Å². The van der Waals surface area contributed by atoms with Gasteiger partial charge in [0.25, 0.3) is 5.91 Å². The van der Waals surface area contributed by atoms with Crippen LogP contribution in [0, 0.1) is 0 Å². The molecule has 4 N–H and O–H groups in total. The number of hydrogen-bond acceptors (Lipinski definition) is 11. The minimum atomic E-state index is -0.779. The molecule has 2 aliphatic heterocycles. The molecule has 1 unspecified atom stereocenters. The lowest BCUT2D eigenvalue weighted by atomic mass is 10.0. The number of anilines is 1. The Kier molecular flexibility index (Phi) is 14.1. The molecular formula is C30H45N5O10. The number of fused-ring (bicyclic) bond motifs is 1. The van der Waals surface area contributed by atoms with E-state index in [4.69, 9.17) is 29.4 Å². The van der Waals surface area contributed by atoms with Gasteiger partial charge in [0.2, 0.25) is 17.7 Å². The van der Waals surface area contributed by atoms with E-state index >= 15 is 0 Å². The summed E-state index contributed by atoms with van der Waals surface area (Å²) in [5.41, 5.74) is 5.88. The van der Waals surface area contributed by atoms with Crippen molar-refractivity contribution in [1.29, 1.82) is 0 Å². The summed E-state index contributed by atoms with van der Waals surface area (Å²) in [4.78, 5) is 65.7. The SMILES string of the molecule is CC(C)(C)OC(=O)N(CCOCCOCCOCCOCCN)CC(=O)Nc1cccc2c1CN(C1CCC(=O)NC1=O)C2=O. The van der Waals surface area contributed by atoms with Gasteiger partial charge in [-0.3, -0.25) is 29.4 Å². The molecular weight excluding hydrogens is 590 g/mol. The number of benzene rings is 1. The minimum absolute atomic E-state index is 0.0862. The van der Waals surface area contributed by atoms with E-state index in [0.717, 1.165) is 0 Å². The average Bonchev–Trinajstić information content (AvgIpc) is 3.30. The van der Waals surface area contributed by atoms with Crippen molar-refractivity contribution in [3.8, 4) is 0 Å². The molecule has 0 spiro atoms. The third-order valence-corrected chi connectivity index (χ3v) is 6.73. The predicted molar refractivity (Wildman–Crippen MR) is 161 cm³/mol. The summed E-state index contributed by atoms with van der Waals surface area (Å²) in [5, 5.41) is 5.07. The maximum absolute atomic E-state index is 13.1. The summed E-state index contributed by atoms with van der Waals surface area (Å²) < 4.78 is 27.2. The van der Waals surface area contributed by atoms with Crippen molar-refractivity contribution in [3.63, 3.8) is 0 Å². The van der Waals surface area contributed by atoms with Crippen LogP contribution in [0.4, 0.5) is 10.5 Å². The van der Waals surface area contributed by atoms with E-state index < -0.39 is 29.6 Å². The summed E-state index contributed by atoms with van der Waals surface area (Å²) in [6.07, 6.45) is -0.313. The number of hydrogen-bond donors (Lipinski definition) is 3. The van der Waals surface area contributed by atoms with Gasteiger partial charge in [-0.1, -0.05) is 6.07 Å². The van der Waals surface area contributed by atoms with Gasteiger partial charge in [-0.15, -0.1) is 0 Å². The third-order valence-electron chi connectivity index (χ3n) is 6.73. The monoisotopic (exact) mass is 635 g/mol. The largest absolute Gasteiger partial charge is 0.444 e. The highest BCUT2D eigenvalue weighted by Crippen LogP contribution is 2.32. The summed E-state index contributed by atoms with van der Waals surface area (Å²) >= 11 is 0. The molecule has 1 saturated heterocycles. The fraction of sp³-hybridized carbons (Fsp3) is 0.633. The van der Waals surface area contributed by atoms with Crippen molar-refractivity contribution in [1.82, 2.24) is 15.1 Å². The van der Waals surface area contributed by atoms with Crippen molar-refractivity contribution in [2.45, 2.75) is 51.8 Å². The molecule has 0 saturated carbocycles. The van der Waals surface area contributed by atoms with Gasteiger partial charge in [0, 0.05) is 42.9 Å². The molecule has 2 aliphatic rings. The first-order valence-corrected chi connectivity index (χ1v) is 15.1. The van der Waals surface area contributed by atoms with Crippen LogP contribution in [0.25, 0.3) is 0 Å². The van der Waals surface area contributed by atoms with Crippen LogP contribution < -0.4 is 16.4 Å². The molecule has 3 rings (SSSR count). The van der Waals surface area contributed by atoms with Crippen LogP contribution in [0.3, 0.4) is 0 Å². The average molecular weight is 636 g/mol. The second-order valence-corrected chi connectivity index (χ2v) is 11.4. The van der Waals surface area contributed by atoms with E-state index in [1.54, 1.807) is 39.0 Å². The van der Waals surface area contributed by atoms with Gasteiger partial charge in [0.15, 0.2) is 0 Å². The number of nitrogens with zero attached hydrogens (tertiary/aromatic N) is 2. The molecule has 15 heteroatoms. The van der Waals surface area contributed by atoms with E-state index in [1.807, 2.05) is 0 Å². The Morgan fingerprint density at radius 2 is 1.60 bits per heavy atom. The number of nitrogens with one attached hydrogen (secondary N) is 2. The lowest BCUT2D eigenvalue weighted by molar-refractivity contribution is -0.137. The number of amides is 5. The number of carbonyl (C=O) groups is 5. The fourth-order valence-corrected chi connectivity index (χ4v) is 4.65. The molecule has 1 aromatic carbocycles. The molecule has 1 aromatic rings. The Labute approximate surface area is 263 Å². The maximum atomic E-state index is 13.1. The summed E-state index contributed by atoms with van der Waals surface area (Å²) in [6, 6.07) is 4.13. The molecule has 0 aromatic heterocycles. The molecule has 250 valence electrons. The van der Waals surface area contributed by atoms with Crippen LogP contribution >= 0.6 is 0 Å². The van der Waals surface area contributed by atoms with Crippen LogP contribution in [0.2, 0.25) is 0 Å².